The van der Waals surface area contributed by atoms with Gasteiger partial charge in [0.1, 0.15) is 5.69 Å². The van der Waals surface area contributed by atoms with E-state index in [0.29, 0.717) is 0 Å². The zero-order valence-corrected chi connectivity index (χ0v) is 12.2. The molecule has 8 nitrogen and oxygen atoms in total. The van der Waals surface area contributed by atoms with Crippen LogP contribution < -0.4 is 0 Å². The van der Waals surface area contributed by atoms with E-state index in [4.69, 9.17) is 4.74 Å². The molecule has 1 aromatic heterocycles. The molecule has 1 N–H and O–H groups in total. The molecule has 1 heterocycles. The normalized spacial score (nSPS) is 14.0. The third kappa shape index (κ3) is 3.05. The van der Waals surface area contributed by atoms with Gasteiger partial charge in [-0.2, -0.15) is 28.6 Å². The topological polar surface area (TPSA) is 111 Å². The first-order valence-corrected chi connectivity index (χ1v) is 6.62. The third-order valence-electron chi connectivity index (χ3n) is 3.37. The fourth-order valence-electron chi connectivity index (χ4n) is 2.04. The highest BCUT2D eigenvalue weighted by atomic mass is 19.4. The van der Waals surface area contributed by atoms with Crippen LogP contribution in [0.3, 0.4) is 0 Å². The number of benzene rings is 1. The minimum absolute atomic E-state index is 0.258. The van der Waals surface area contributed by atoms with E-state index in [1.165, 1.54) is 6.92 Å². The van der Waals surface area contributed by atoms with Gasteiger partial charge in [-0.1, -0.05) is 6.92 Å². The maximum absolute atomic E-state index is 13.5. The fourth-order valence-corrected chi connectivity index (χ4v) is 2.04. The molecule has 0 saturated carbocycles. The van der Waals surface area contributed by atoms with Crippen molar-refractivity contribution in [3.63, 3.8) is 0 Å². The lowest BCUT2D eigenvalue weighted by Gasteiger charge is -2.32. The van der Waals surface area contributed by atoms with E-state index >= 15 is 0 Å². The number of carbonyl (C=O) groups excluding carboxylic acids is 1. The Hall–Kier alpha value is -2.98. The fraction of sp³-hybridized carbons (Fsp3) is 0.308. The number of aromatic amines is 1. The van der Waals surface area contributed by atoms with Gasteiger partial charge >= 0.3 is 12.1 Å². The molecule has 24 heavy (non-hydrogen) atoms. The minimum Gasteiger partial charge on any atom is -0.439 e. The van der Waals surface area contributed by atoms with E-state index in [1.54, 1.807) is 0 Å². The average molecular weight is 344 g/mol. The summed E-state index contributed by atoms with van der Waals surface area (Å²) >= 11 is 0. The maximum atomic E-state index is 13.5. The summed E-state index contributed by atoms with van der Waals surface area (Å²) in [5.74, 6) is -1.29. The highest BCUT2D eigenvalue weighted by molar-refractivity contribution is 5.90. The number of carbonyl (C=O) groups is 1. The molecule has 128 valence electrons. The molecule has 1 atom stereocenters. The van der Waals surface area contributed by atoms with Crippen LogP contribution in [0.2, 0.25) is 0 Å². The summed E-state index contributed by atoms with van der Waals surface area (Å²) in [6.45, 7) is 1.19. The summed E-state index contributed by atoms with van der Waals surface area (Å²) < 4.78 is 45.3. The number of nitrogens with one attached hydrogen (secondary N) is 1. The molecule has 0 bridgehead atoms. The summed E-state index contributed by atoms with van der Waals surface area (Å²) in [5, 5.41) is 19.3. The number of ether oxygens (including phenoxy) is 1. The first-order chi connectivity index (χ1) is 11.2. The molecule has 0 aliphatic carbocycles. The molecule has 0 radical (unpaired) electrons. The lowest BCUT2D eigenvalue weighted by molar-refractivity contribution is -0.384. The van der Waals surface area contributed by atoms with Gasteiger partial charge in [0.25, 0.3) is 11.3 Å². The molecule has 0 amide bonds. The second-order valence-corrected chi connectivity index (χ2v) is 4.73. The van der Waals surface area contributed by atoms with Gasteiger partial charge in [-0.3, -0.25) is 10.1 Å². The van der Waals surface area contributed by atoms with Gasteiger partial charge in [0, 0.05) is 12.1 Å². The second-order valence-electron chi connectivity index (χ2n) is 4.73. The molecule has 2 aromatic rings. The van der Waals surface area contributed by atoms with Crippen molar-refractivity contribution in [3.8, 4) is 0 Å². The smallest absolute Gasteiger partial charge is 0.434 e. The molecule has 1 unspecified atom stereocenters. The Bertz CT molecular complexity index is 731. The van der Waals surface area contributed by atoms with Crippen LogP contribution in [0.5, 0.6) is 0 Å². The zero-order chi connectivity index (χ0) is 18.0. The monoisotopic (exact) mass is 344 g/mol. The van der Waals surface area contributed by atoms with Crippen molar-refractivity contribution in [1.29, 1.82) is 0 Å². The summed E-state index contributed by atoms with van der Waals surface area (Å²) in [5.41, 5.74) is -4.13. The Kier molecular flexibility index (Phi) is 4.53. The van der Waals surface area contributed by atoms with E-state index in [-0.39, 0.29) is 11.3 Å². The highest BCUT2D eigenvalue weighted by Crippen LogP contribution is 2.44. The lowest BCUT2D eigenvalue weighted by atomic mass is 9.95. The van der Waals surface area contributed by atoms with E-state index in [9.17, 15) is 28.1 Å². The van der Waals surface area contributed by atoms with Crippen LogP contribution in [-0.2, 0) is 10.3 Å². The van der Waals surface area contributed by atoms with Gasteiger partial charge in [0.05, 0.1) is 16.7 Å². The zero-order valence-electron chi connectivity index (χ0n) is 12.2. The van der Waals surface area contributed by atoms with E-state index in [2.05, 4.69) is 10.2 Å². The second kappa shape index (κ2) is 6.26. The first-order valence-electron chi connectivity index (χ1n) is 6.62. The van der Waals surface area contributed by atoms with E-state index in [0.717, 1.165) is 30.5 Å². The first kappa shape index (κ1) is 17.4. The number of esters is 1. The number of non-ortho nitro benzene ring substituents is 1. The number of H-pyrrole nitrogens is 1. The maximum Gasteiger partial charge on any atom is 0.434 e. The van der Waals surface area contributed by atoms with Crippen molar-refractivity contribution in [1.82, 2.24) is 15.4 Å². The third-order valence-corrected chi connectivity index (χ3v) is 3.37. The lowest BCUT2D eigenvalue weighted by Crippen LogP contribution is -2.46. The largest absolute Gasteiger partial charge is 0.439 e. The van der Waals surface area contributed by atoms with Crippen LogP contribution >= 0.6 is 0 Å². The molecular weight excluding hydrogens is 333 g/mol. The van der Waals surface area contributed by atoms with Crippen LogP contribution in [0.4, 0.5) is 18.9 Å². The Morgan fingerprint density at radius 3 is 2.38 bits per heavy atom. The van der Waals surface area contributed by atoms with Crippen LogP contribution in [0.1, 0.15) is 29.4 Å². The summed E-state index contributed by atoms with van der Waals surface area (Å²) in [6.07, 6.45) is -4.74. The standard InChI is InChI=1S/C13H11F3N4O4/c1-2-12(13(14,15)16,10-7-17-19-18-10)24-11(21)8-3-5-9(6-4-8)20(22)23/h3-7H,2H2,1H3,(H,17,18,19). The van der Waals surface area contributed by atoms with Gasteiger partial charge < -0.3 is 4.74 Å². The van der Waals surface area contributed by atoms with Crippen molar-refractivity contribution < 1.29 is 27.6 Å². The number of alkyl halides is 3. The molecule has 0 spiro atoms. The number of hydrogen-bond acceptors (Lipinski definition) is 6. The number of nitrogens with zero attached hydrogens (tertiary/aromatic N) is 3. The number of aromatic nitrogens is 3. The number of nitro benzene ring substituents is 1. The predicted octanol–water partition coefficient (Wildman–Crippen LogP) is 2.74. The Morgan fingerprint density at radius 2 is 1.96 bits per heavy atom. The average Bonchev–Trinajstić information content (AvgIpc) is 3.06. The Labute approximate surface area is 132 Å². The number of rotatable bonds is 5. The Balaban J connectivity index is 2.36. The molecule has 2 rings (SSSR count). The molecule has 0 aliphatic rings. The van der Waals surface area contributed by atoms with Crippen molar-refractivity contribution >= 4 is 11.7 Å². The predicted molar refractivity (Wildman–Crippen MR) is 72.9 cm³/mol. The Morgan fingerprint density at radius 1 is 1.33 bits per heavy atom. The quantitative estimate of drug-likeness (QED) is 0.507. The van der Waals surface area contributed by atoms with Gasteiger partial charge in [0.15, 0.2) is 0 Å². The van der Waals surface area contributed by atoms with Crippen molar-refractivity contribution in [2.45, 2.75) is 25.1 Å². The van der Waals surface area contributed by atoms with E-state index in [1.807, 2.05) is 5.21 Å². The molecule has 0 aliphatic heterocycles. The number of halogens is 3. The molecule has 1 aromatic carbocycles. The highest BCUT2D eigenvalue weighted by Gasteiger charge is 2.60. The SMILES string of the molecule is CCC(OC(=O)c1ccc([N+](=O)[O-])cc1)(c1cn[nH]n1)C(F)(F)F. The van der Waals surface area contributed by atoms with Gasteiger partial charge in [-0.05, 0) is 18.6 Å². The van der Waals surface area contributed by atoms with Crippen LogP contribution in [-0.4, -0.2) is 32.5 Å². The minimum atomic E-state index is -4.94. The molecule has 0 fully saturated rings. The van der Waals surface area contributed by atoms with Crippen molar-refractivity contribution in [2.75, 3.05) is 0 Å². The van der Waals surface area contributed by atoms with Gasteiger partial charge in [-0.15, -0.1) is 0 Å². The van der Waals surface area contributed by atoms with Crippen molar-refractivity contribution in [2.24, 2.45) is 0 Å². The summed E-state index contributed by atoms with van der Waals surface area (Å²) in [7, 11) is 0. The van der Waals surface area contributed by atoms with Crippen LogP contribution in [0.25, 0.3) is 0 Å². The van der Waals surface area contributed by atoms with Gasteiger partial charge in [-0.25, -0.2) is 4.79 Å². The molecular formula is C13H11F3N4O4. The molecule has 11 heteroatoms. The van der Waals surface area contributed by atoms with Crippen LogP contribution in [0.15, 0.2) is 30.5 Å². The van der Waals surface area contributed by atoms with Crippen LogP contribution in [0, 0.1) is 10.1 Å². The van der Waals surface area contributed by atoms with Gasteiger partial charge in [0.2, 0.25) is 0 Å². The van der Waals surface area contributed by atoms with Crippen molar-refractivity contribution in [3.05, 3.63) is 51.8 Å². The number of hydrogen-bond donors (Lipinski definition) is 1. The van der Waals surface area contributed by atoms with E-state index < -0.39 is 34.8 Å². The summed E-state index contributed by atoms with van der Waals surface area (Å²) in [6, 6.07) is 4.02. The summed E-state index contributed by atoms with van der Waals surface area (Å²) in [4.78, 5) is 22.0. The molecule has 0 saturated heterocycles. The number of nitro groups is 1.